The van der Waals surface area contributed by atoms with Crippen molar-refractivity contribution in [1.29, 1.82) is 0 Å². The summed E-state index contributed by atoms with van der Waals surface area (Å²) in [6.07, 6.45) is 4.74. The zero-order valence-corrected chi connectivity index (χ0v) is 9.10. The Labute approximate surface area is 89.0 Å². The van der Waals surface area contributed by atoms with E-state index in [1.807, 2.05) is 6.20 Å². The highest BCUT2D eigenvalue weighted by Gasteiger charge is 2.03. The van der Waals surface area contributed by atoms with Crippen molar-refractivity contribution >= 4 is 5.97 Å². The van der Waals surface area contributed by atoms with E-state index in [0.29, 0.717) is 19.4 Å². The number of carbonyl (C=O) groups excluding carboxylic acids is 1. The van der Waals surface area contributed by atoms with Crippen LogP contribution >= 0.6 is 0 Å². The average molecular weight is 212 g/mol. The van der Waals surface area contributed by atoms with Gasteiger partial charge in [0.15, 0.2) is 0 Å². The largest absolute Gasteiger partial charge is 0.469 e. The molecule has 0 unspecified atom stereocenters. The van der Waals surface area contributed by atoms with E-state index in [1.165, 1.54) is 7.11 Å². The molecular formula is C10H16N2O3. The molecule has 5 heteroatoms. The SMILES string of the molecule is COCCn1cc(CCC(=O)OC)cn1. The van der Waals surface area contributed by atoms with Crippen LogP contribution in [0.3, 0.4) is 0 Å². The van der Waals surface area contributed by atoms with Crippen molar-refractivity contribution in [2.24, 2.45) is 0 Å². The molecule has 0 aliphatic carbocycles. The zero-order valence-electron chi connectivity index (χ0n) is 9.10. The maximum atomic E-state index is 10.9. The Morgan fingerprint density at radius 2 is 2.33 bits per heavy atom. The predicted molar refractivity (Wildman–Crippen MR) is 54.4 cm³/mol. The fourth-order valence-electron chi connectivity index (χ4n) is 1.19. The van der Waals surface area contributed by atoms with E-state index in [1.54, 1.807) is 18.0 Å². The molecule has 0 fully saturated rings. The van der Waals surface area contributed by atoms with Crippen LogP contribution in [0.5, 0.6) is 0 Å². The first-order chi connectivity index (χ1) is 7.26. The number of aryl methyl sites for hydroxylation is 1. The van der Waals surface area contributed by atoms with E-state index < -0.39 is 0 Å². The van der Waals surface area contributed by atoms with Gasteiger partial charge in [0.25, 0.3) is 0 Å². The first-order valence-electron chi connectivity index (χ1n) is 4.83. The second-order valence-corrected chi connectivity index (χ2v) is 3.18. The van der Waals surface area contributed by atoms with Gasteiger partial charge >= 0.3 is 5.97 Å². The minimum absolute atomic E-state index is 0.195. The molecular weight excluding hydrogens is 196 g/mol. The van der Waals surface area contributed by atoms with Crippen molar-refractivity contribution in [2.75, 3.05) is 20.8 Å². The summed E-state index contributed by atoms with van der Waals surface area (Å²) >= 11 is 0. The number of esters is 1. The van der Waals surface area contributed by atoms with E-state index in [2.05, 4.69) is 9.84 Å². The molecule has 15 heavy (non-hydrogen) atoms. The lowest BCUT2D eigenvalue weighted by Gasteiger charge is -1.98. The highest BCUT2D eigenvalue weighted by atomic mass is 16.5. The Kier molecular flexibility index (Phi) is 4.83. The molecule has 0 aliphatic heterocycles. The van der Waals surface area contributed by atoms with Crippen LogP contribution in [0.4, 0.5) is 0 Å². The number of nitrogens with zero attached hydrogens (tertiary/aromatic N) is 2. The number of hydrogen-bond donors (Lipinski definition) is 0. The number of methoxy groups -OCH3 is 2. The molecule has 1 aromatic rings. The molecule has 1 rings (SSSR count). The van der Waals surface area contributed by atoms with Crippen molar-refractivity contribution in [1.82, 2.24) is 9.78 Å². The number of carbonyl (C=O) groups is 1. The van der Waals surface area contributed by atoms with Crippen molar-refractivity contribution in [3.05, 3.63) is 18.0 Å². The van der Waals surface area contributed by atoms with Crippen molar-refractivity contribution in [3.63, 3.8) is 0 Å². The third-order valence-corrected chi connectivity index (χ3v) is 2.06. The summed E-state index contributed by atoms with van der Waals surface area (Å²) in [5, 5.41) is 4.14. The lowest BCUT2D eigenvalue weighted by atomic mass is 10.2. The second kappa shape index (κ2) is 6.19. The van der Waals surface area contributed by atoms with E-state index in [0.717, 1.165) is 12.1 Å². The highest BCUT2D eigenvalue weighted by molar-refractivity contribution is 5.69. The van der Waals surface area contributed by atoms with Crippen molar-refractivity contribution in [3.8, 4) is 0 Å². The normalized spacial score (nSPS) is 10.3. The molecule has 0 amide bonds. The molecule has 0 bridgehead atoms. The van der Waals surface area contributed by atoms with Gasteiger partial charge < -0.3 is 9.47 Å². The smallest absolute Gasteiger partial charge is 0.305 e. The van der Waals surface area contributed by atoms with Gasteiger partial charge in [0.05, 0.1) is 26.5 Å². The van der Waals surface area contributed by atoms with E-state index in [4.69, 9.17) is 4.74 Å². The monoisotopic (exact) mass is 212 g/mol. The van der Waals surface area contributed by atoms with Crippen molar-refractivity contribution in [2.45, 2.75) is 19.4 Å². The summed E-state index contributed by atoms with van der Waals surface area (Å²) in [6.45, 7) is 1.37. The van der Waals surface area contributed by atoms with Gasteiger partial charge in [-0.2, -0.15) is 5.10 Å². The summed E-state index contributed by atoms with van der Waals surface area (Å²) in [5.41, 5.74) is 1.04. The number of ether oxygens (including phenoxy) is 2. The maximum Gasteiger partial charge on any atom is 0.305 e. The molecule has 0 spiro atoms. The molecule has 0 aromatic carbocycles. The van der Waals surface area contributed by atoms with Gasteiger partial charge in [-0.3, -0.25) is 9.48 Å². The molecule has 0 saturated carbocycles. The fourth-order valence-corrected chi connectivity index (χ4v) is 1.19. The minimum Gasteiger partial charge on any atom is -0.469 e. The van der Waals surface area contributed by atoms with Gasteiger partial charge in [0.2, 0.25) is 0 Å². The molecule has 1 heterocycles. The standard InChI is InChI=1S/C10H16N2O3/c1-14-6-5-12-8-9(7-11-12)3-4-10(13)15-2/h7-8H,3-6H2,1-2H3. The van der Waals surface area contributed by atoms with Gasteiger partial charge in [-0.15, -0.1) is 0 Å². The highest BCUT2D eigenvalue weighted by Crippen LogP contribution is 2.02. The Bertz CT molecular complexity index is 309. The maximum absolute atomic E-state index is 10.9. The Hall–Kier alpha value is -1.36. The van der Waals surface area contributed by atoms with Crippen LogP contribution in [0.25, 0.3) is 0 Å². The predicted octanol–water partition coefficient (Wildman–Crippen LogP) is 0.635. The van der Waals surface area contributed by atoms with Gasteiger partial charge in [-0.25, -0.2) is 0 Å². The summed E-state index contributed by atoms with van der Waals surface area (Å²) in [6, 6.07) is 0. The molecule has 0 saturated heterocycles. The Balaban J connectivity index is 2.35. The Morgan fingerprint density at radius 3 is 3.00 bits per heavy atom. The van der Waals surface area contributed by atoms with Gasteiger partial charge in [0, 0.05) is 19.7 Å². The first-order valence-corrected chi connectivity index (χ1v) is 4.83. The zero-order chi connectivity index (χ0) is 11.1. The molecule has 0 atom stereocenters. The molecule has 0 radical (unpaired) electrons. The minimum atomic E-state index is -0.195. The van der Waals surface area contributed by atoms with Gasteiger partial charge in [-0.05, 0) is 12.0 Å². The van der Waals surface area contributed by atoms with Crippen LogP contribution in [0.1, 0.15) is 12.0 Å². The van der Waals surface area contributed by atoms with Gasteiger partial charge in [0.1, 0.15) is 0 Å². The third-order valence-electron chi connectivity index (χ3n) is 2.06. The summed E-state index contributed by atoms with van der Waals surface area (Å²) in [7, 11) is 3.05. The quantitative estimate of drug-likeness (QED) is 0.649. The second-order valence-electron chi connectivity index (χ2n) is 3.18. The summed E-state index contributed by atoms with van der Waals surface area (Å²) in [4.78, 5) is 10.9. The van der Waals surface area contributed by atoms with Crippen LogP contribution in [0.15, 0.2) is 12.4 Å². The average Bonchev–Trinajstić information content (AvgIpc) is 2.71. The van der Waals surface area contributed by atoms with Crippen LogP contribution in [0, 0.1) is 0 Å². The molecule has 0 N–H and O–H groups in total. The fraction of sp³-hybridized carbons (Fsp3) is 0.600. The lowest BCUT2D eigenvalue weighted by Crippen LogP contribution is -2.04. The van der Waals surface area contributed by atoms with Crippen molar-refractivity contribution < 1.29 is 14.3 Å². The summed E-state index contributed by atoms with van der Waals surface area (Å²) < 4.78 is 11.3. The summed E-state index contributed by atoms with van der Waals surface area (Å²) in [5.74, 6) is -0.195. The van der Waals surface area contributed by atoms with E-state index in [9.17, 15) is 4.79 Å². The van der Waals surface area contributed by atoms with E-state index in [-0.39, 0.29) is 5.97 Å². The number of hydrogen-bond acceptors (Lipinski definition) is 4. The molecule has 0 aliphatic rings. The van der Waals surface area contributed by atoms with Crippen LogP contribution < -0.4 is 0 Å². The van der Waals surface area contributed by atoms with Gasteiger partial charge in [-0.1, -0.05) is 0 Å². The third kappa shape index (κ3) is 4.12. The topological polar surface area (TPSA) is 53.4 Å². The van der Waals surface area contributed by atoms with Crippen LogP contribution in [0.2, 0.25) is 0 Å². The number of aromatic nitrogens is 2. The lowest BCUT2D eigenvalue weighted by molar-refractivity contribution is -0.140. The first kappa shape index (κ1) is 11.7. The molecule has 1 aromatic heterocycles. The molecule has 5 nitrogen and oxygen atoms in total. The Morgan fingerprint density at radius 1 is 1.53 bits per heavy atom. The van der Waals surface area contributed by atoms with Crippen LogP contribution in [-0.2, 0) is 27.2 Å². The number of rotatable bonds is 6. The van der Waals surface area contributed by atoms with Crippen LogP contribution in [-0.4, -0.2) is 36.6 Å². The molecule has 84 valence electrons. The van der Waals surface area contributed by atoms with E-state index >= 15 is 0 Å².